The second-order valence-corrected chi connectivity index (χ2v) is 6.28. The summed E-state index contributed by atoms with van der Waals surface area (Å²) >= 11 is 0. The molecule has 2 rings (SSSR count). The predicted molar refractivity (Wildman–Crippen MR) is 84.4 cm³/mol. The van der Waals surface area contributed by atoms with E-state index in [1.54, 1.807) is 25.1 Å². The molecule has 1 aromatic rings. The molecular formula is C17H22O8. The molecule has 25 heavy (non-hydrogen) atoms. The quantitative estimate of drug-likeness (QED) is 0.317. The molecule has 0 aromatic heterocycles. The van der Waals surface area contributed by atoms with Crippen LogP contribution in [0, 0.1) is 6.92 Å². The highest BCUT2D eigenvalue weighted by atomic mass is 16.6. The summed E-state index contributed by atoms with van der Waals surface area (Å²) in [5, 5.41) is 39.4. The first kappa shape index (κ1) is 19.2. The molecular weight excluding hydrogens is 332 g/mol. The highest BCUT2D eigenvalue weighted by molar-refractivity contribution is 5.70. The van der Waals surface area contributed by atoms with Gasteiger partial charge in [0.2, 0.25) is 5.79 Å². The Kier molecular flexibility index (Phi) is 5.99. The van der Waals surface area contributed by atoms with Gasteiger partial charge in [-0.2, -0.15) is 0 Å². The zero-order valence-corrected chi connectivity index (χ0v) is 13.8. The SMILES string of the molecule is Cc1cc(CCC(=O)OC2C(O)CC(O)(OC=O)CC2O)ccc1O. The van der Waals surface area contributed by atoms with E-state index in [-0.39, 0.29) is 31.5 Å². The number of rotatable bonds is 6. The van der Waals surface area contributed by atoms with Crippen LogP contribution in [0.3, 0.4) is 0 Å². The predicted octanol–water partition coefficient (Wildman–Crippen LogP) is -0.0778. The van der Waals surface area contributed by atoms with Crippen LogP contribution < -0.4 is 0 Å². The highest BCUT2D eigenvalue weighted by Gasteiger charge is 2.47. The molecule has 8 nitrogen and oxygen atoms in total. The van der Waals surface area contributed by atoms with Crippen molar-refractivity contribution in [2.75, 3.05) is 0 Å². The van der Waals surface area contributed by atoms with Gasteiger partial charge >= 0.3 is 5.97 Å². The van der Waals surface area contributed by atoms with Gasteiger partial charge in [0.05, 0.1) is 12.2 Å². The first-order chi connectivity index (χ1) is 11.7. The summed E-state index contributed by atoms with van der Waals surface area (Å²) in [6, 6.07) is 4.99. The molecule has 0 spiro atoms. The molecule has 0 heterocycles. The van der Waals surface area contributed by atoms with Crippen LogP contribution in [-0.4, -0.2) is 57.0 Å². The fraction of sp³-hybridized carbons (Fsp3) is 0.529. The number of hydrogen-bond acceptors (Lipinski definition) is 8. The zero-order chi connectivity index (χ0) is 18.6. The maximum Gasteiger partial charge on any atom is 0.306 e. The molecule has 0 aliphatic heterocycles. The third-order valence-electron chi connectivity index (χ3n) is 4.23. The highest BCUT2D eigenvalue weighted by Crippen LogP contribution is 2.31. The molecule has 0 bridgehead atoms. The lowest BCUT2D eigenvalue weighted by Crippen LogP contribution is -2.55. The van der Waals surface area contributed by atoms with Crippen LogP contribution in [0.4, 0.5) is 0 Å². The van der Waals surface area contributed by atoms with Crippen molar-refractivity contribution in [1.29, 1.82) is 0 Å². The van der Waals surface area contributed by atoms with Gasteiger partial charge in [-0.1, -0.05) is 12.1 Å². The summed E-state index contributed by atoms with van der Waals surface area (Å²) < 4.78 is 9.60. The van der Waals surface area contributed by atoms with Crippen molar-refractivity contribution in [1.82, 2.24) is 0 Å². The van der Waals surface area contributed by atoms with Gasteiger partial charge in [-0.15, -0.1) is 0 Å². The molecule has 2 atom stereocenters. The number of benzene rings is 1. The number of ether oxygens (including phenoxy) is 2. The summed E-state index contributed by atoms with van der Waals surface area (Å²) in [5.41, 5.74) is 1.53. The van der Waals surface area contributed by atoms with Gasteiger partial charge in [-0.3, -0.25) is 9.59 Å². The van der Waals surface area contributed by atoms with Crippen LogP contribution in [0.25, 0.3) is 0 Å². The topological polar surface area (TPSA) is 134 Å². The van der Waals surface area contributed by atoms with E-state index in [1.165, 1.54) is 0 Å². The molecule has 0 saturated heterocycles. The lowest BCUT2D eigenvalue weighted by molar-refractivity contribution is -0.256. The Morgan fingerprint density at radius 2 is 1.96 bits per heavy atom. The van der Waals surface area contributed by atoms with E-state index in [9.17, 15) is 30.0 Å². The van der Waals surface area contributed by atoms with Crippen molar-refractivity contribution in [2.45, 2.75) is 56.7 Å². The summed E-state index contributed by atoms with van der Waals surface area (Å²) in [5.74, 6) is -2.42. The standard InChI is InChI=1S/C17H22O8/c1-10-6-11(2-4-12(10)19)3-5-15(22)25-16-13(20)7-17(23,24-9-18)8-14(16)21/h2,4,6,9,13-14,16,19-21,23H,3,5,7-8H2,1H3. The number of phenols is 1. The lowest BCUT2D eigenvalue weighted by Gasteiger charge is -2.40. The normalized spacial score (nSPS) is 29.0. The molecule has 138 valence electrons. The number of aromatic hydroxyl groups is 1. The van der Waals surface area contributed by atoms with Gasteiger partial charge in [0.15, 0.2) is 6.10 Å². The Morgan fingerprint density at radius 3 is 2.52 bits per heavy atom. The molecule has 2 unspecified atom stereocenters. The third kappa shape index (κ3) is 4.91. The molecule has 1 aliphatic carbocycles. The Bertz CT molecular complexity index is 617. The van der Waals surface area contributed by atoms with E-state index in [1.807, 2.05) is 0 Å². The van der Waals surface area contributed by atoms with Gasteiger partial charge in [0.25, 0.3) is 6.47 Å². The van der Waals surface area contributed by atoms with Crippen LogP contribution in [0.15, 0.2) is 18.2 Å². The Hall–Kier alpha value is -2.16. The summed E-state index contributed by atoms with van der Waals surface area (Å²) in [6.45, 7) is 1.78. The van der Waals surface area contributed by atoms with Crippen LogP contribution in [0.1, 0.15) is 30.4 Å². The first-order valence-electron chi connectivity index (χ1n) is 7.92. The van der Waals surface area contributed by atoms with Crippen molar-refractivity contribution in [3.8, 4) is 5.75 Å². The minimum Gasteiger partial charge on any atom is -0.508 e. The van der Waals surface area contributed by atoms with Crippen molar-refractivity contribution < 1.29 is 39.5 Å². The van der Waals surface area contributed by atoms with Gasteiger partial charge in [0.1, 0.15) is 5.75 Å². The van der Waals surface area contributed by atoms with Crippen molar-refractivity contribution in [3.05, 3.63) is 29.3 Å². The Morgan fingerprint density at radius 1 is 1.32 bits per heavy atom. The smallest absolute Gasteiger partial charge is 0.306 e. The monoisotopic (exact) mass is 354 g/mol. The van der Waals surface area contributed by atoms with Crippen LogP contribution in [0.2, 0.25) is 0 Å². The summed E-state index contributed by atoms with van der Waals surface area (Å²) in [6.07, 6.45) is -4.27. The molecule has 8 heteroatoms. The number of aliphatic hydroxyl groups is 3. The van der Waals surface area contributed by atoms with Crippen molar-refractivity contribution in [3.63, 3.8) is 0 Å². The number of esters is 1. The fourth-order valence-electron chi connectivity index (χ4n) is 2.90. The number of hydrogen-bond donors (Lipinski definition) is 4. The second-order valence-electron chi connectivity index (χ2n) is 6.28. The van der Waals surface area contributed by atoms with E-state index in [0.717, 1.165) is 5.56 Å². The molecule has 0 radical (unpaired) electrons. The second kappa shape index (κ2) is 7.81. The zero-order valence-electron chi connectivity index (χ0n) is 13.8. The fourth-order valence-corrected chi connectivity index (χ4v) is 2.90. The molecule has 1 saturated carbocycles. The Labute approximate surface area is 144 Å². The van der Waals surface area contributed by atoms with Gasteiger partial charge in [0, 0.05) is 19.3 Å². The van der Waals surface area contributed by atoms with Crippen LogP contribution >= 0.6 is 0 Å². The minimum atomic E-state index is -1.98. The lowest BCUT2D eigenvalue weighted by atomic mass is 9.87. The molecule has 1 aromatic carbocycles. The molecule has 1 aliphatic rings. The Balaban J connectivity index is 1.89. The van der Waals surface area contributed by atoms with Crippen LogP contribution in [0.5, 0.6) is 5.75 Å². The average Bonchev–Trinajstić information content (AvgIpc) is 2.52. The summed E-state index contributed by atoms with van der Waals surface area (Å²) in [4.78, 5) is 22.3. The number of carbonyl (C=O) groups is 2. The van der Waals surface area contributed by atoms with E-state index < -0.39 is 30.1 Å². The molecule has 1 fully saturated rings. The average molecular weight is 354 g/mol. The number of carbonyl (C=O) groups excluding carboxylic acids is 2. The number of aliphatic hydroxyl groups excluding tert-OH is 2. The van der Waals surface area contributed by atoms with Gasteiger partial charge in [-0.05, 0) is 30.5 Å². The third-order valence-corrected chi connectivity index (χ3v) is 4.23. The van der Waals surface area contributed by atoms with E-state index in [2.05, 4.69) is 4.74 Å². The maximum atomic E-state index is 12.0. The van der Waals surface area contributed by atoms with E-state index in [4.69, 9.17) is 4.74 Å². The summed E-state index contributed by atoms with van der Waals surface area (Å²) in [7, 11) is 0. The molecule has 4 N–H and O–H groups in total. The minimum absolute atomic E-state index is 0.0231. The van der Waals surface area contributed by atoms with E-state index in [0.29, 0.717) is 12.0 Å². The maximum absolute atomic E-state index is 12.0. The first-order valence-corrected chi connectivity index (χ1v) is 7.92. The van der Waals surface area contributed by atoms with Gasteiger partial charge in [-0.25, -0.2) is 0 Å². The van der Waals surface area contributed by atoms with E-state index >= 15 is 0 Å². The number of aryl methyl sites for hydroxylation is 2. The van der Waals surface area contributed by atoms with Gasteiger partial charge < -0.3 is 29.9 Å². The van der Waals surface area contributed by atoms with Crippen molar-refractivity contribution >= 4 is 12.4 Å². The van der Waals surface area contributed by atoms with Crippen LogP contribution in [-0.2, 0) is 25.5 Å². The number of phenolic OH excluding ortho intramolecular Hbond substituents is 1. The molecule has 0 amide bonds. The van der Waals surface area contributed by atoms with Crippen molar-refractivity contribution in [2.24, 2.45) is 0 Å². The largest absolute Gasteiger partial charge is 0.508 e.